The first-order valence-corrected chi connectivity index (χ1v) is 6.24. The molecule has 0 bridgehead atoms. The van der Waals surface area contributed by atoms with E-state index in [0.717, 1.165) is 12.1 Å². The van der Waals surface area contributed by atoms with Crippen molar-refractivity contribution in [2.24, 2.45) is 0 Å². The number of carbonyl (C=O) groups excluding carboxylic acids is 1. The number of benzene rings is 1. The second kappa shape index (κ2) is 5.62. The number of anilines is 2. The molecule has 1 aromatic carbocycles. The number of rotatable bonds is 5. The summed E-state index contributed by atoms with van der Waals surface area (Å²) in [5, 5.41) is 6.09. The Kier molecular flexibility index (Phi) is 3.92. The van der Waals surface area contributed by atoms with Crippen LogP contribution in [0.4, 0.5) is 11.4 Å². The van der Waals surface area contributed by atoms with Crippen LogP contribution in [0.25, 0.3) is 0 Å². The number of nitrogens with one attached hydrogen (secondary N) is 2. The summed E-state index contributed by atoms with van der Waals surface area (Å²) in [5.41, 5.74) is 7.40. The van der Waals surface area contributed by atoms with Gasteiger partial charge in [-0.3, -0.25) is 4.79 Å². The summed E-state index contributed by atoms with van der Waals surface area (Å²) in [6.07, 6.45) is 1.45. The molecule has 0 aromatic heterocycles. The molecule has 0 saturated carbocycles. The van der Waals surface area contributed by atoms with Gasteiger partial charge in [0.2, 0.25) is 5.91 Å². The van der Waals surface area contributed by atoms with Crippen molar-refractivity contribution in [3.63, 3.8) is 0 Å². The van der Waals surface area contributed by atoms with E-state index in [1.54, 1.807) is 0 Å². The largest absolute Gasteiger partial charge is 0.491 e. The highest BCUT2D eigenvalue weighted by atomic mass is 16.5. The third-order valence-corrected chi connectivity index (χ3v) is 2.82. The van der Waals surface area contributed by atoms with Crippen molar-refractivity contribution < 1.29 is 9.53 Å². The van der Waals surface area contributed by atoms with E-state index in [-0.39, 0.29) is 11.9 Å². The SMILES string of the molecule is CCCOc1cc(NC2CNC(=O)C2)ccc1N. The standard InChI is InChI=1S/C13H19N3O2/c1-2-5-18-12-6-9(3-4-11(12)14)16-10-7-13(17)15-8-10/h3-4,6,10,16H,2,5,7-8,14H2,1H3,(H,15,17). The Labute approximate surface area is 107 Å². The summed E-state index contributed by atoms with van der Waals surface area (Å²) < 4.78 is 5.56. The topological polar surface area (TPSA) is 76.4 Å². The minimum Gasteiger partial charge on any atom is -0.491 e. The van der Waals surface area contributed by atoms with Crippen molar-refractivity contribution in [1.82, 2.24) is 5.32 Å². The Bertz CT molecular complexity index is 434. The van der Waals surface area contributed by atoms with Gasteiger partial charge in [-0.15, -0.1) is 0 Å². The van der Waals surface area contributed by atoms with Gasteiger partial charge in [0.1, 0.15) is 5.75 Å². The van der Waals surface area contributed by atoms with Crippen LogP contribution in [0.1, 0.15) is 19.8 Å². The zero-order valence-corrected chi connectivity index (χ0v) is 10.5. The van der Waals surface area contributed by atoms with Crippen molar-refractivity contribution in [2.75, 3.05) is 24.2 Å². The van der Waals surface area contributed by atoms with Gasteiger partial charge in [0, 0.05) is 24.7 Å². The highest BCUT2D eigenvalue weighted by Crippen LogP contribution is 2.26. The second-order valence-corrected chi connectivity index (χ2v) is 4.45. The summed E-state index contributed by atoms with van der Waals surface area (Å²) in [6.45, 7) is 3.36. The summed E-state index contributed by atoms with van der Waals surface area (Å²) in [6, 6.07) is 5.74. The molecule has 1 atom stereocenters. The number of carbonyl (C=O) groups is 1. The molecular formula is C13H19N3O2. The van der Waals surface area contributed by atoms with Gasteiger partial charge in [0.05, 0.1) is 18.3 Å². The van der Waals surface area contributed by atoms with E-state index in [9.17, 15) is 4.79 Å². The predicted octanol–water partition coefficient (Wildman–Crippen LogP) is 1.36. The van der Waals surface area contributed by atoms with E-state index < -0.39 is 0 Å². The van der Waals surface area contributed by atoms with Crippen molar-refractivity contribution in [3.8, 4) is 5.75 Å². The first kappa shape index (κ1) is 12.5. The van der Waals surface area contributed by atoms with Gasteiger partial charge in [0.25, 0.3) is 0 Å². The zero-order valence-electron chi connectivity index (χ0n) is 10.5. The number of amides is 1. The lowest BCUT2D eigenvalue weighted by Crippen LogP contribution is -2.22. The van der Waals surface area contributed by atoms with E-state index in [0.29, 0.717) is 31.0 Å². The van der Waals surface area contributed by atoms with Crippen LogP contribution < -0.4 is 21.1 Å². The van der Waals surface area contributed by atoms with Crippen molar-refractivity contribution >= 4 is 17.3 Å². The number of nitrogen functional groups attached to an aromatic ring is 1. The second-order valence-electron chi connectivity index (χ2n) is 4.45. The maximum Gasteiger partial charge on any atom is 0.222 e. The van der Waals surface area contributed by atoms with Crippen LogP contribution in [0.2, 0.25) is 0 Å². The molecule has 1 amide bonds. The minimum atomic E-state index is 0.0883. The Hall–Kier alpha value is -1.91. The van der Waals surface area contributed by atoms with Crippen LogP contribution in [-0.4, -0.2) is 25.1 Å². The Morgan fingerprint density at radius 3 is 3.06 bits per heavy atom. The molecule has 0 spiro atoms. The highest BCUT2D eigenvalue weighted by Gasteiger charge is 2.21. The molecule has 1 unspecified atom stereocenters. The summed E-state index contributed by atoms with van der Waals surface area (Å²) >= 11 is 0. The van der Waals surface area contributed by atoms with Crippen LogP contribution in [0.5, 0.6) is 5.75 Å². The molecule has 1 aliphatic rings. The Morgan fingerprint density at radius 1 is 1.56 bits per heavy atom. The van der Waals surface area contributed by atoms with E-state index in [1.165, 1.54) is 0 Å². The van der Waals surface area contributed by atoms with Crippen LogP contribution in [0.3, 0.4) is 0 Å². The molecule has 18 heavy (non-hydrogen) atoms. The molecule has 98 valence electrons. The third-order valence-electron chi connectivity index (χ3n) is 2.82. The van der Waals surface area contributed by atoms with E-state index in [4.69, 9.17) is 10.5 Å². The van der Waals surface area contributed by atoms with Crippen molar-refractivity contribution in [2.45, 2.75) is 25.8 Å². The Balaban J connectivity index is 2.02. The number of nitrogens with two attached hydrogens (primary N) is 1. The molecule has 1 heterocycles. The molecule has 1 saturated heterocycles. The average molecular weight is 249 g/mol. The van der Waals surface area contributed by atoms with Gasteiger partial charge in [-0.05, 0) is 18.6 Å². The van der Waals surface area contributed by atoms with Crippen molar-refractivity contribution in [3.05, 3.63) is 18.2 Å². The third kappa shape index (κ3) is 3.06. The van der Waals surface area contributed by atoms with Crippen molar-refractivity contribution in [1.29, 1.82) is 0 Å². The van der Waals surface area contributed by atoms with Crippen LogP contribution in [0, 0.1) is 0 Å². The zero-order chi connectivity index (χ0) is 13.0. The molecule has 2 rings (SSSR count). The van der Waals surface area contributed by atoms with E-state index >= 15 is 0 Å². The van der Waals surface area contributed by atoms with E-state index in [2.05, 4.69) is 10.6 Å². The molecule has 5 heteroatoms. The molecule has 5 nitrogen and oxygen atoms in total. The summed E-state index contributed by atoms with van der Waals surface area (Å²) in [5.74, 6) is 0.782. The summed E-state index contributed by atoms with van der Waals surface area (Å²) in [7, 11) is 0. The monoisotopic (exact) mass is 249 g/mol. The fourth-order valence-corrected chi connectivity index (χ4v) is 1.90. The van der Waals surface area contributed by atoms with Gasteiger partial charge in [-0.1, -0.05) is 6.92 Å². The lowest BCUT2D eigenvalue weighted by Gasteiger charge is -2.14. The first-order valence-electron chi connectivity index (χ1n) is 6.24. The number of hydrogen-bond donors (Lipinski definition) is 3. The minimum absolute atomic E-state index is 0.0883. The van der Waals surface area contributed by atoms with Gasteiger partial charge in [-0.2, -0.15) is 0 Å². The lowest BCUT2D eigenvalue weighted by atomic mass is 10.2. The predicted molar refractivity (Wildman–Crippen MR) is 71.7 cm³/mol. The maximum absolute atomic E-state index is 11.1. The fourth-order valence-electron chi connectivity index (χ4n) is 1.90. The molecule has 4 N–H and O–H groups in total. The molecule has 0 radical (unpaired) electrons. The number of hydrogen-bond acceptors (Lipinski definition) is 4. The van der Waals surface area contributed by atoms with Crippen LogP contribution in [0.15, 0.2) is 18.2 Å². The Morgan fingerprint density at radius 2 is 2.39 bits per heavy atom. The van der Waals surface area contributed by atoms with E-state index in [1.807, 2.05) is 25.1 Å². The highest BCUT2D eigenvalue weighted by molar-refractivity contribution is 5.79. The summed E-state index contributed by atoms with van der Waals surface area (Å²) in [4.78, 5) is 11.1. The van der Waals surface area contributed by atoms with Gasteiger partial charge in [0.15, 0.2) is 0 Å². The molecule has 1 aliphatic heterocycles. The van der Waals surface area contributed by atoms with Crippen LogP contribution in [-0.2, 0) is 4.79 Å². The maximum atomic E-state index is 11.1. The van der Waals surface area contributed by atoms with Gasteiger partial charge < -0.3 is 21.1 Å². The lowest BCUT2D eigenvalue weighted by molar-refractivity contribution is -0.119. The molecule has 0 aliphatic carbocycles. The van der Waals surface area contributed by atoms with Gasteiger partial charge in [-0.25, -0.2) is 0 Å². The fraction of sp³-hybridized carbons (Fsp3) is 0.462. The molecular weight excluding hydrogens is 230 g/mol. The quantitative estimate of drug-likeness (QED) is 0.689. The normalized spacial score (nSPS) is 18.5. The van der Waals surface area contributed by atoms with Gasteiger partial charge >= 0.3 is 0 Å². The molecule has 1 aromatic rings. The smallest absolute Gasteiger partial charge is 0.222 e. The van der Waals surface area contributed by atoms with Crippen LogP contribution >= 0.6 is 0 Å². The number of ether oxygens (including phenoxy) is 1. The molecule has 1 fully saturated rings. The first-order chi connectivity index (χ1) is 8.69. The average Bonchev–Trinajstić information content (AvgIpc) is 2.75.